The van der Waals surface area contributed by atoms with Crippen molar-refractivity contribution in [3.05, 3.63) is 58.1 Å². The minimum atomic E-state index is -0.477. The molecule has 48 heavy (non-hydrogen) atoms. The molecule has 3 fully saturated rings. The fourth-order valence-corrected chi connectivity index (χ4v) is 8.34. The summed E-state index contributed by atoms with van der Waals surface area (Å²) >= 11 is 6.52. The predicted octanol–water partition coefficient (Wildman–Crippen LogP) is 4.35. The van der Waals surface area contributed by atoms with Crippen LogP contribution < -0.4 is 11.1 Å². The number of carbonyl (C=O) groups is 3. The van der Waals surface area contributed by atoms with Crippen LogP contribution in [0.3, 0.4) is 0 Å². The second-order valence-corrected chi connectivity index (χ2v) is 14.6. The Kier molecular flexibility index (Phi) is 11.1. The maximum absolute atomic E-state index is 14.2. The Morgan fingerprint density at radius 3 is 2.29 bits per heavy atom. The molecule has 4 aliphatic heterocycles. The first-order valence-corrected chi connectivity index (χ1v) is 18.3. The van der Waals surface area contributed by atoms with Gasteiger partial charge in [-0.2, -0.15) is 0 Å². The van der Waals surface area contributed by atoms with Crippen LogP contribution in [0.4, 0.5) is 16.2 Å². The monoisotopic (exact) mass is 677 g/mol. The molecular weight excluding hydrogens is 626 g/mol. The molecular formula is C37H52ClN7O3. The number of likely N-dealkylation sites (N-methyl/N-ethyl adjacent to an activating group) is 1. The second-order valence-electron chi connectivity index (χ2n) is 14.1. The van der Waals surface area contributed by atoms with Crippen LogP contribution in [0.25, 0.3) is 0 Å². The van der Waals surface area contributed by atoms with Crippen LogP contribution in [0.5, 0.6) is 0 Å². The zero-order chi connectivity index (χ0) is 33.8. The topological polar surface area (TPSA) is 105 Å². The number of benzene rings is 2. The van der Waals surface area contributed by atoms with E-state index < -0.39 is 5.92 Å². The molecule has 4 heterocycles. The van der Waals surface area contributed by atoms with Crippen LogP contribution in [-0.4, -0.2) is 120 Å². The SMILES string of the molecule is CCc1cc(C[C@@H](CC(=O)N2CCC(N3CCc4ccccc4NC3=O)CC2)C(=O)N2CCC(N3CCN(C)CC3)CC2)cc(Cl)c1N. The zero-order valence-electron chi connectivity index (χ0n) is 28.6. The largest absolute Gasteiger partial charge is 0.397 e. The first-order valence-electron chi connectivity index (χ1n) is 17.9. The number of carbonyl (C=O) groups excluding carboxylic acids is 3. The Bertz CT molecular complexity index is 1460. The molecule has 260 valence electrons. The fraction of sp³-hybridized carbons (Fsp3) is 0.595. The van der Waals surface area contributed by atoms with Gasteiger partial charge in [0.15, 0.2) is 0 Å². The Hall–Kier alpha value is -3.34. The molecule has 11 heteroatoms. The Labute approximate surface area is 290 Å². The van der Waals surface area contributed by atoms with Crippen molar-refractivity contribution in [3.63, 3.8) is 0 Å². The van der Waals surface area contributed by atoms with Gasteiger partial charge in [0.1, 0.15) is 0 Å². The third-order valence-electron chi connectivity index (χ3n) is 11.1. The van der Waals surface area contributed by atoms with E-state index in [1.165, 1.54) is 0 Å². The Morgan fingerprint density at radius 2 is 1.58 bits per heavy atom. The van der Waals surface area contributed by atoms with Crippen LogP contribution >= 0.6 is 11.6 Å². The number of para-hydroxylation sites is 1. The lowest BCUT2D eigenvalue weighted by atomic mass is 9.91. The molecule has 0 bridgehead atoms. The highest BCUT2D eigenvalue weighted by atomic mass is 35.5. The molecule has 1 atom stereocenters. The normalized spacial score (nSPS) is 21.1. The number of piperazine rings is 1. The number of hydrogen-bond donors (Lipinski definition) is 2. The molecule has 3 N–H and O–H groups in total. The molecule has 2 aromatic carbocycles. The lowest BCUT2D eigenvalue weighted by Crippen LogP contribution is -2.53. The summed E-state index contributed by atoms with van der Waals surface area (Å²) in [5.74, 6) is -0.416. The number of aryl methyl sites for hydroxylation is 1. The van der Waals surface area contributed by atoms with Crippen molar-refractivity contribution in [1.29, 1.82) is 0 Å². The van der Waals surface area contributed by atoms with Crippen LogP contribution in [0.15, 0.2) is 36.4 Å². The number of nitrogens with zero attached hydrogens (tertiary/aromatic N) is 5. The minimum Gasteiger partial charge on any atom is -0.397 e. The Morgan fingerprint density at radius 1 is 0.917 bits per heavy atom. The molecule has 2 aromatic rings. The summed E-state index contributed by atoms with van der Waals surface area (Å²) in [4.78, 5) is 52.0. The quantitative estimate of drug-likeness (QED) is 0.403. The highest BCUT2D eigenvalue weighted by molar-refractivity contribution is 6.33. The summed E-state index contributed by atoms with van der Waals surface area (Å²) in [5.41, 5.74) is 10.7. The lowest BCUT2D eigenvalue weighted by Gasteiger charge is -2.42. The van der Waals surface area contributed by atoms with E-state index in [2.05, 4.69) is 28.2 Å². The van der Waals surface area contributed by atoms with Gasteiger partial charge in [0.05, 0.1) is 16.6 Å². The molecule has 0 saturated carbocycles. The van der Waals surface area contributed by atoms with E-state index in [1.807, 2.05) is 52.0 Å². The van der Waals surface area contributed by atoms with Gasteiger partial charge in [-0.25, -0.2) is 4.79 Å². The number of urea groups is 1. The van der Waals surface area contributed by atoms with Gasteiger partial charge in [0.2, 0.25) is 11.8 Å². The highest BCUT2D eigenvalue weighted by Crippen LogP contribution is 2.30. The molecule has 0 aliphatic carbocycles. The second kappa shape index (κ2) is 15.5. The minimum absolute atomic E-state index is 0.00380. The number of nitrogen functional groups attached to an aromatic ring is 1. The summed E-state index contributed by atoms with van der Waals surface area (Å²) < 4.78 is 0. The molecule has 3 saturated heterocycles. The highest BCUT2D eigenvalue weighted by Gasteiger charge is 2.35. The van der Waals surface area contributed by atoms with E-state index in [4.69, 9.17) is 17.3 Å². The predicted molar refractivity (Wildman–Crippen MR) is 191 cm³/mol. The van der Waals surface area contributed by atoms with Gasteiger partial charge >= 0.3 is 6.03 Å². The third kappa shape index (κ3) is 7.92. The zero-order valence-corrected chi connectivity index (χ0v) is 29.4. The number of nitrogens with two attached hydrogens (primary N) is 1. The first kappa shape index (κ1) is 34.5. The van der Waals surface area contributed by atoms with Crippen LogP contribution in [0.2, 0.25) is 5.02 Å². The van der Waals surface area contributed by atoms with Gasteiger partial charge in [-0.05, 0) is 80.8 Å². The maximum Gasteiger partial charge on any atom is 0.322 e. The molecule has 0 unspecified atom stereocenters. The average Bonchev–Trinajstić information content (AvgIpc) is 3.27. The first-order chi connectivity index (χ1) is 23.2. The van der Waals surface area contributed by atoms with Crippen molar-refractivity contribution in [2.24, 2.45) is 5.92 Å². The van der Waals surface area contributed by atoms with Crippen LogP contribution in [0, 0.1) is 5.92 Å². The number of halogens is 1. The number of amides is 4. The van der Waals surface area contributed by atoms with E-state index in [1.54, 1.807) is 0 Å². The summed E-state index contributed by atoms with van der Waals surface area (Å²) in [5, 5.41) is 3.58. The van der Waals surface area contributed by atoms with E-state index in [-0.39, 0.29) is 30.3 Å². The van der Waals surface area contributed by atoms with Crippen molar-refractivity contribution in [1.82, 2.24) is 24.5 Å². The van der Waals surface area contributed by atoms with Crippen LogP contribution in [-0.2, 0) is 28.9 Å². The lowest BCUT2D eigenvalue weighted by molar-refractivity contribution is -0.143. The smallest absolute Gasteiger partial charge is 0.322 e. The summed E-state index contributed by atoms with van der Waals surface area (Å²) in [6.45, 7) is 9.62. The standard InChI is InChI=1S/C37H52ClN7O3/c1-3-27-22-26(24-32(38)35(27)39)23-29(36(47)44-15-9-30(10-16-44)42-20-18-41(2)19-21-42)25-34(46)43-13-11-31(12-14-43)45-17-8-28-6-4-5-7-33(28)40-37(45)48/h4-7,22,24,29-31H,3,8-21,23,25,39H2,1-2H3,(H,40,48)/t29-/m0/s1. The van der Waals surface area contributed by atoms with Crippen LogP contribution in [0.1, 0.15) is 55.7 Å². The van der Waals surface area contributed by atoms with Crippen molar-refractivity contribution >= 4 is 40.8 Å². The third-order valence-corrected chi connectivity index (χ3v) is 11.5. The number of piperidine rings is 2. The molecule has 10 nitrogen and oxygen atoms in total. The number of rotatable bonds is 8. The summed E-state index contributed by atoms with van der Waals surface area (Å²) in [6, 6.07) is 12.4. The van der Waals surface area contributed by atoms with Gasteiger partial charge < -0.3 is 30.7 Å². The Balaban J connectivity index is 1.09. The van der Waals surface area contributed by atoms with Crippen molar-refractivity contribution in [2.75, 3.05) is 77.0 Å². The van der Waals surface area contributed by atoms with Crippen molar-refractivity contribution < 1.29 is 14.4 Å². The molecule has 0 aromatic heterocycles. The number of hydrogen-bond acceptors (Lipinski definition) is 6. The summed E-state index contributed by atoms with van der Waals surface area (Å²) in [7, 11) is 2.17. The van der Waals surface area contributed by atoms with E-state index in [0.29, 0.717) is 42.8 Å². The summed E-state index contributed by atoms with van der Waals surface area (Å²) in [6.07, 6.45) is 5.53. The van der Waals surface area contributed by atoms with Crippen molar-refractivity contribution in [3.8, 4) is 0 Å². The van der Waals surface area contributed by atoms with Crippen molar-refractivity contribution in [2.45, 2.75) is 70.4 Å². The average molecular weight is 678 g/mol. The van der Waals surface area contributed by atoms with Gasteiger partial charge in [0.25, 0.3) is 0 Å². The number of likely N-dealkylation sites (tertiary alicyclic amines) is 2. The maximum atomic E-state index is 14.2. The van der Waals surface area contributed by atoms with E-state index >= 15 is 0 Å². The molecule has 6 rings (SSSR count). The fourth-order valence-electron chi connectivity index (χ4n) is 8.08. The van der Waals surface area contributed by atoms with Gasteiger partial charge in [-0.15, -0.1) is 0 Å². The number of nitrogens with one attached hydrogen (secondary N) is 1. The molecule has 4 amide bonds. The van der Waals surface area contributed by atoms with Gasteiger partial charge in [0, 0.05) is 83.1 Å². The van der Waals surface area contributed by atoms with E-state index in [0.717, 1.165) is 100 Å². The molecule has 0 spiro atoms. The van der Waals surface area contributed by atoms with E-state index in [9.17, 15) is 14.4 Å². The molecule has 4 aliphatic rings. The number of fused-ring (bicyclic) bond motifs is 1. The molecule has 0 radical (unpaired) electrons. The van der Waals surface area contributed by atoms with Gasteiger partial charge in [-0.1, -0.05) is 42.8 Å². The number of anilines is 2. The van der Waals surface area contributed by atoms with Gasteiger partial charge in [-0.3, -0.25) is 14.5 Å².